The van der Waals surface area contributed by atoms with Crippen molar-refractivity contribution in [2.45, 2.75) is 18.6 Å². The summed E-state index contributed by atoms with van der Waals surface area (Å²) in [5, 5.41) is 4.67. The van der Waals surface area contributed by atoms with Gasteiger partial charge in [-0.2, -0.15) is 13.2 Å². The second-order valence-electron chi connectivity index (χ2n) is 6.49. The van der Waals surface area contributed by atoms with Crippen LogP contribution in [-0.2, 0) is 4.79 Å². The van der Waals surface area contributed by atoms with E-state index >= 15 is 0 Å². The van der Waals surface area contributed by atoms with Gasteiger partial charge in [-0.3, -0.25) is 9.59 Å². The number of hydrogen-bond acceptors (Lipinski definition) is 2. The van der Waals surface area contributed by atoms with Crippen molar-refractivity contribution in [2.75, 3.05) is 6.54 Å². The first-order valence-electron chi connectivity index (χ1n) is 8.82. The summed E-state index contributed by atoms with van der Waals surface area (Å²) in [5.74, 6) is -2.29. The van der Waals surface area contributed by atoms with Gasteiger partial charge in [0, 0.05) is 23.9 Å². The Kier molecular flexibility index (Phi) is 6.31. The molecule has 3 N–H and O–H groups in total. The van der Waals surface area contributed by atoms with Gasteiger partial charge in [-0.15, -0.1) is 0 Å². The molecule has 1 heterocycles. The Hall–Kier alpha value is -3.07. The van der Waals surface area contributed by atoms with Crippen LogP contribution in [-0.4, -0.2) is 29.5 Å². The van der Waals surface area contributed by atoms with Crippen molar-refractivity contribution < 1.29 is 27.2 Å². The standard InChI is InChI=1S/C20H16ClF4N3O2/c21-13-9-12(5-6-14(13)22)18(20(23,24)25)28-17(29)7-8-26-19(30)16-10-11-3-1-2-4-15(11)27-16/h1-6,9-10,18,27H,7-8H2,(H,26,30)(H,28,29). The van der Waals surface area contributed by atoms with Crippen LogP contribution >= 0.6 is 11.6 Å². The molecule has 5 nitrogen and oxygen atoms in total. The highest BCUT2D eigenvalue weighted by Gasteiger charge is 2.42. The molecule has 0 aliphatic carbocycles. The first-order chi connectivity index (χ1) is 14.1. The summed E-state index contributed by atoms with van der Waals surface area (Å²) >= 11 is 5.54. The minimum Gasteiger partial charge on any atom is -0.351 e. The van der Waals surface area contributed by atoms with Crippen LogP contribution in [0.1, 0.15) is 28.5 Å². The number of nitrogens with one attached hydrogen (secondary N) is 3. The molecule has 1 atom stereocenters. The number of fused-ring (bicyclic) bond motifs is 1. The average molecular weight is 442 g/mol. The van der Waals surface area contributed by atoms with Gasteiger partial charge in [0.25, 0.3) is 5.91 Å². The van der Waals surface area contributed by atoms with Crippen LogP contribution in [0.25, 0.3) is 10.9 Å². The second-order valence-corrected chi connectivity index (χ2v) is 6.90. The fourth-order valence-electron chi connectivity index (χ4n) is 2.86. The summed E-state index contributed by atoms with van der Waals surface area (Å²) in [5.41, 5.74) is 0.626. The van der Waals surface area contributed by atoms with Gasteiger partial charge in [0.05, 0.1) is 5.02 Å². The fraction of sp³-hybridized carbons (Fsp3) is 0.200. The maximum absolute atomic E-state index is 13.3. The van der Waals surface area contributed by atoms with Gasteiger partial charge in [-0.05, 0) is 29.8 Å². The Bertz CT molecular complexity index is 1050. The highest BCUT2D eigenvalue weighted by Crippen LogP contribution is 2.34. The first-order valence-corrected chi connectivity index (χ1v) is 9.20. The third-order valence-corrected chi connectivity index (χ3v) is 4.61. The number of rotatable bonds is 6. The number of amides is 2. The zero-order valence-corrected chi connectivity index (χ0v) is 16.1. The molecule has 2 aromatic carbocycles. The largest absolute Gasteiger partial charge is 0.412 e. The Morgan fingerprint density at radius 3 is 2.50 bits per heavy atom. The van der Waals surface area contributed by atoms with E-state index in [1.54, 1.807) is 18.2 Å². The lowest BCUT2D eigenvalue weighted by Gasteiger charge is -2.22. The molecule has 10 heteroatoms. The Balaban J connectivity index is 1.58. The molecule has 0 saturated heterocycles. The molecule has 30 heavy (non-hydrogen) atoms. The summed E-state index contributed by atoms with van der Waals surface area (Å²) in [7, 11) is 0. The first kappa shape index (κ1) is 21.6. The average Bonchev–Trinajstić information content (AvgIpc) is 3.12. The molecular formula is C20H16ClF4N3O2. The smallest absolute Gasteiger partial charge is 0.351 e. The lowest BCUT2D eigenvalue weighted by atomic mass is 10.1. The molecular weight excluding hydrogens is 426 g/mol. The van der Waals surface area contributed by atoms with Crippen molar-refractivity contribution in [3.8, 4) is 0 Å². The molecule has 0 radical (unpaired) electrons. The minimum absolute atomic E-state index is 0.172. The van der Waals surface area contributed by atoms with Crippen LogP contribution in [0.5, 0.6) is 0 Å². The summed E-state index contributed by atoms with van der Waals surface area (Å²) < 4.78 is 53.3. The van der Waals surface area contributed by atoms with E-state index in [4.69, 9.17) is 11.6 Å². The van der Waals surface area contributed by atoms with E-state index in [2.05, 4.69) is 10.3 Å². The number of halogens is 5. The molecule has 0 bridgehead atoms. The lowest BCUT2D eigenvalue weighted by Crippen LogP contribution is -2.39. The summed E-state index contributed by atoms with van der Waals surface area (Å²) in [6.45, 7) is -0.172. The van der Waals surface area contributed by atoms with Crippen molar-refractivity contribution in [3.05, 3.63) is 70.6 Å². The van der Waals surface area contributed by atoms with E-state index < -0.39 is 40.4 Å². The topological polar surface area (TPSA) is 74.0 Å². The lowest BCUT2D eigenvalue weighted by molar-refractivity contribution is -0.163. The van der Waals surface area contributed by atoms with Gasteiger partial charge >= 0.3 is 6.18 Å². The van der Waals surface area contributed by atoms with Gasteiger partial charge in [-0.25, -0.2) is 4.39 Å². The van der Waals surface area contributed by atoms with Crippen LogP contribution in [0.15, 0.2) is 48.5 Å². The quantitative estimate of drug-likeness (QED) is 0.493. The number of H-pyrrole nitrogens is 1. The van der Waals surface area contributed by atoms with Gasteiger partial charge in [0.2, 0.25) is 5.91 Å². The molecule has 0 saturated carbocycles. The molecule has 2 amide bonds. The number of carbonyl (C=O) groups is 2. The number of alkyl halides is 3. The normalized spacial score (nSPS) is 12.6. The highest BCUT2D eigenvalue weighted by molar-refractivity contribution is 6.30. The van der Waals surface area contributed by atoms with E-state index in [0.29, 0.717) is 0 Å². The fourth-order valence-corrected chi connectivity index (χ4v) is 3.05. The summed E-state index contributed by atoms with van der Waals surface area (Å²) in [4.78, 5) is 27.1. The predicted molar refractivity (Wildman–Crippen MR) is 104 cm³/mol. The Morgan fingerprint density at radius 2 is 1.83 bits per heavy atom. The second kappa shape index (κ2) is 8.74. The van der Waals surface area contributed by atoms with Crippen LogP contribution in [0.3, 0.4) is 0 Å². The van der Waals surface area contributed by atoms with Crippen molar-refractivity contribution >= 4 is 34.3 Å². The monoisotopic (exact) mass is 441 g/mol. The van der Waals surface area contributed by atoms with Crippen LogP contribution in [0.4, 0.5) is 17.6 Å². The van der Waals surface area contributed by atoms with E-state index in [1.807, 2.05) is 17.4 Å². The highest BCUT2D eigenvalue weighted by atomic mass is 35.5. The molecule has 3 rings (SSSR count). The molecule has 0 aliphatic heterocycles. The van der Waals surface area contributed by atoms with Crippen LogP contribution in [0.2, 0.25) is 5.02 Å². The van der Waals surface area contributed by atoms with Crippen molar-refractivity contribution in [1.29, 1.82) is 0 Å². The van der Waals surface area contributed by atoms with Gasteiger partial charge in [-0.1, -0.05) is 35.9 Å². The van der Waals surface area contributed by atoms with Crippen molar-refractivity contribution in [2.24, 2.45) is 0 Å². The van der Waals surface area contributed by atoms with E-state index in [0.717, 1.165) is 29.1 Å². The van der Waals surface area contributed by atoms with Crippen LogP contribution in [0, 0.1) is 5.82 Å². The zero-order chi connectivity index (χ0) is 21.9. The third-order valence-electron chi connectivity index (χ3n) is 4.32. The Morgan fingerprint density at radius 1 is 1.10 bits per heavy atom. The number of aromatic amines is 1. The predicted octanol–water partition coefficient (Wildman–Crippen LogP) is 4.50. The number of hydrogen-bond donors (Lipinski definition) is 3. The third kappa shape index (κ3) is 5.10. The van der Waals surface area contributed by atoms with Gasteiger partial charge < -0.3 is 15.6 Å². The summed E-state index contributed by atoms with van der Waals surface area (Å²) in [6.07, 6.45) is -5.20. The van der Waals surface area contributed by atoms with E-state index in [-0.39, 0.29) is 18.7 Å². The van der Waals surface area contributed by atoms with E-state index in [1.165, 1.54) is 0 Å². The summed E-state index contributed by atoms with van der Waals surface area (Å²) in [6, 6.07) is 9.00. The molecule has 1 unspecified atom stereocenters. The Labute approximate surface area is 173 Å². The zero-order valence-electron chi connectivity index (χ0n) is 15.3. The van der Waals surface area contributed by atoms with E-state index in [9.17, 15) is 27.2 Å². The number of para-hydroxylation sites is 1. The maximum atomic E-state index is 13.3. The van der Waals surface area contributed by atoms with Crippen molar-refractivity contribution in [3.63, 3.8) is 0 Å². The van der Waals surface area contributed by atoms with Gasteiger partial charge in [0.15, 0.2) is 6.04 Å². The maximum Gasteiger partial charge on any atom is 0.412 e. The number of benzene rings is 2. The molecule has 1 aromatic heterocycles. The van der Waals surface area contributed by atoms with Gasteiger partial charge in [0.1, 0.15) is 11.5 Å². The molecule has 0 fully saturated rings. The van der Waals surface area contributed by atoms with Crippen LogP contribution < -0.4 is 10.6 Å². The van der Waals surface area contributed by atoms with Crippen molar-refractivity contribution in [1.82, 2.24) is 15.6 Å². The molecule has 158 valence electrons. The molecule has 0 aliphatic rings. The minimum atomic E-state index is -4.82. The molecule has 0 spiro atoms. The molecule has 3 aromatic rings. The number of aromatic nitrogens is 1. The number of carbonyl (C=O) groups excluding carboxylic acids is 2. The SMILES string of the molecule is O=C(CCNC(=O)c1cc2ccccc2[nH]1)NC(c1ccc(F)c(Cl)c1)C(F)(F)F.